The minimum atomic E-state index is 0.941. The van der Waals surface area contributed by atoms with Gasteiger partial charge in [0.25, 0.3) is 0 Å². The predicted molar refractivity (Wildman–Crippen MR) is 166 cm³/mol. The molecule has 6 aromatic carbocycles. The van der Waals surface area contributed by atoms with E-state index in [9.17, 15) is 0 Å². The molecular formula is C36H21NOS. The SMILES string of the molecule is c1ccc(-c2ccc3c(c2)c2c4sc5c(ccc6oc7ccccc7c65)c4ccc2n3-c2ccccc2)cc1. The van der Waals surface area contributed by atoms with Crippen molar-refractivity contribution >= 4 is 75.3 Å². The molecule has 0 amide bonds. The van der Waals surface area contributed by atoms with Crippen LogP contribution in [-0.4, -0.2) is 4.57 Å². The molecule has 9 aromatic rings. The molecule has 2 nitrogen and oxygen atoms in total. The molecule has 0 aliphatic carbocycles. The fourth-order valence-electron chi connectivity index (χ4n) is 6.27. The van der Waals surface area contributed by atoms with Crippen molar-refractivity contribution in [2.75, 3.05) is 0 Å². The van der Waals surface area contributed by atoms with Crippen molar-refractivity contribution < 1.29 is 4.42 Å². The van der Waals surface area contributed by atoms with Gasteiger partial charge in [-0.25, -0.2) is 0 Å². The Morgan fingerprint density at radius 3 is 2.00 bits per heavy atom. The normalized spacial score (nSPS) is 12.1. The lowest BCUT2D eigenvalue weighted by Gasteiger charge is -2.08. The Kier molecular flexibility index (Phi) is 4.24. The third kappa shape index (κ3) is 2.91. The molecule has 0 N–H and O–H groups in total. The maximum absolute atomic E-state index is 6.24. The first-order valence-corrected chi connectivity index (χ1v) is 14.0. The van der Waals surface area contributed by atoms with Gasteiger partial charge in [0, 0.05) is 47.4 Å². The highest BCUT2D eigenvalue weighted by atomic mass is 32.1. The van der Waals surface area contributed by atoms with Crippen LogP contribution in [0, 0.1) is 0 Å². The molecule has 3 heteroatoms. The van der Waals surface area contributed by atoms with Crippen LogP contribution in [0.15, 0.2) is 132 Å². The predicted octanol–water partition coefficient (Wildman–Crippen LogP) is 10.7. The Balaban J connectivity index is 1.47. The van der Waals surface area contributed by atoms with E-state index in [-0.39, 0.29) is 0 Å². The second-order valence-electron chi connectivity index (χ2n) is 10.1. The summed E-state index contributed by atoms with van der Waals surface area (Å²) in [6.45, 7) is 0. The summed E-state index contributed by atoms with van der Waals surface area (Å²) in [5, 5.41) is 7.57. The molecule has 39 heavy (non-hydrogen) atoms. The fourth-order valence-corrected chi connectivity index (χ4v) is 7.68. The second kappa shape index (κ2) is 7.83. The first-order chi connectivity index (χ1) is 19.3. The van der Waals surface area contributed by atoms with Crippen molar-refractivity contribution in [2.45, 2.75) is 0 Å². The largest absolute Gasteiger partial charge is 0.456 e. The number of fused-ring (bicyclic) bond motifs is 11. The maximum Gasteiger partial charge on any atom is 0.136 e. The molecule has 0 saturated heterocycles. The van der Waals surface area contributed by atoms with Gasteiger partial charge in [-0.3, -0.25) is 0 Å². The van der Waals surface area contributed by atoms with E-state index in [1.54, 1.807) is 0 Å². The number of hydrogen-bond acceptors (Lipinski definition) is 2. The minimum absolute atomic E-state index is 0.941. The first kappa shape index (κ1) is 21.1. The van der Waals surface area contributed by atoms with Gasteiger partial charge in [0.2, 0.25) is 0 Å². The van der Waals surface area contributed by atoms with E-state index in [1.165, 1.54) is 69.6 Å². The smallest absolute Gasteiger partial charge is 0.136 e. The molecular weight excluding hydrogens is 494 g/mol. The van der Waals surface area contributed by atoms with E-state index >= 15 is 0 Å². The van der Waals surface area contributed by atoms with Gasteiger partial charge in [-0.1, -0.05) is 78.9 Å². The monoisotopic (exact) mass is 515 g/mol. The second-order valence-corrected chi connectivity index (χ2v) is 11.1. The summed E-state index contributed by atoms with van der Waals surface area (Å²) in [4.78, 5) is 0. The van der Waals surface area contributed by atoms with Gasteiger partial charge in [-0.15, -0.1) is 11.3 Å². The van der Waals surface area contributed by atoms with Crippen LogP contribution < -0.4 is 0 Å². The van der Waals surface area contributed by atoms with Crippen molar-refractivity contribution in [3.8, 4) is 16.8 Å². The summed E-state index contributed by atoms with van der Waals surface area (Å²) in [5.74, 6) is 0. The van der Waals surface area contributed by atoms with E-state index in [0.717, 1.165) is 11.2 Å². The van der Waals surface area contributed by atoms with Crippen LogP contribution in [-0.2, 0) is 0 Å². The van der Waals surface area contributed by atoms with Crippen molar-refractivity contribution in [1.82, 2.24) is 4.57 Å². The van der Waals surface area contributed by atoms with E-state index < -0.39 is 0 Å². The average Bonchev–Trinajstić information content (AvgIpc) is 3.66. The van der Waals surface area contributed by atoms with Gasteiger partial charge in [0.1, 0.15) is 11.2 Å². The van der Waals surface area contributed by atoms with Crippen LogP contribution in [0.25, 0.3) is 80.7 Å². The summed E-state index contributed by atoms with van der Waals surface area (Å²) < 4.78 is 11.3. The lowest BCUT2D eigenvalue weighted by molar-refractivity contribution is 0.669. The molecule has 0 unspecified atom stereocenters. The van der Waals surface area contributed by atoms with E-state index in [4.69, 9.17) is 4.42 Å². The number of benzene rings is 6. The lowest BCUT2D eigenvalue weighted by Crippen LogP contribution is -1.92. The van der Waals surface area contributed by atoms with Gasteiger partial charge in [-0.2, -0.15) is 0 Å². The van der Waals surface area contributed by atoms with Crippen LogP contribution in [0.3, 0.4) is 0 Å². The molecule has 9 rings (SSSR count). The molecule has 0 aliphatic heterocycles. The third-order valence-electron chi connectivity index (χ3n) is 7.99. The zero-order valence-corrected chi connectivity index (χ0v) is 21.7. The van der Waals surface area contributed by atoms with Crippen molar-refractivity contribution in [2.24, 2.45) is 0 Å². The van der Waals surface area contributed by atoms with Crippen molar-refractivity contribution in [1.29, 1.82) is 0 Å². The Hall–Kier alpha value is -4.86. The highest BCUT2D eigenvalue weighted by Crippen LogP contribution is 2.47. The third-order valence-corrected chi connectivity index (χ3v) is 9.25. The van der Waals surface area contributed by atoms with Gasteiger partial charge in [0.15, 0.2) is 0 Å². The number of para-hydroxylation sites is 2. The molecule has 3 heterocycles. The number of rotatable bonds is 2. The fraction of sp³-hybridized carbons (Fsp3) is 0. The van der Waals surface area contributed by atoms with Crippen LogP contribution in [0.4, 0.5) is 0 Å². The van der Waals surface area contributed by atoms with Crippen LogP contribution in [0.2, 0.25) is 0 Å². The van der Waals surface area contributed by atoms with Gasteiger partial charge in [0.05, 0.1) is 11.0 Å². The molecule has 0 atom stereocenters. The quantitative estimate of drug-likeness (QED) is 0.224. The van der Waals surface area contributed by atoms with Gasteiger partial charge in [-0.05, 0) is 59.7 Å². The Bertz CT molecular complexity index is 2370. The Labute approximate surface area is 227 Å². The highest BCUT2D eigenvalue weighted by Gasteiger charge is 2.20. The summed E-state index contributed by atoms with van der Waals surface area (Å²) in [6.07, 6.45) is 0. The molecule has 0 aliphatic rings. The van der Waals surface area contributed by atoms with Gasteiger partial charge >= 0.3 is 0 Å². The molecule has 3 aromatic heterocycles. The topological polar surface area (TPSA) is 18.1 Å². The average molecular weight is 516 g/mol. The summed E-state index contributed by atoms with van der Waals surface area (Å²) in [7, 11) is 0. The minimum Gasteiger partial charge on any atom is -0.456 e. The number of thiophene rings is 1. The van der Waals surface area contributed by atoms with Crippen molar-refractivity contribution in [3.05, 3.63) is 127 Å². The zero-order chi connectivity index (χ0) is 25.5. The standard InChI is InChI=1S/C36H21NOS/c1-3-9-22(10-4-1)23-15-18-29-28(21-23)33-30(37(29)24-11-5-2-6-12-24)19-16-25-26-17-20-32-34(36(26)39-35(25)33)27-13-7-8-14-31(27)38-32/h1-21H. The van der Waals surface area contributed by atoms with Crippen LogP contribution in [0.5, 0.6) is 0 Å². The number of aromatic nitrogens is 1. The lowest BCUT2D eigenvalue weighted by atomic mass is 10.0. The Morgan fingerprint density at radius 1 is 0.462 bits per heavy atom. The van der Waals surface area contributed by atoms with Crippen LogP contribution >= 0.6 is 11.3 Å². The number of furan rings is 1. The molecule has 0 bridgehead atoms. The molecule has 0 spiro atoms. The summed E-state index contributed by atoms with van der Waals surface area (Å²) >= 11 is 1.89. The highest BCUT2D eigenvalue weighted by molar-refractivity contribution is 7.27. The zero-order valence-electron chi connectivity index (χ0n) is 20.9. The van der Waals surface area contributed by atoms with E-state index in [0.29, 0.717) is 0 Å². The number of nitrogens with zero attached hydrogens (tertiary/aromatic N) is 1. The first-order valence-electron chi connectivity index (χ1n) is 13.2. The molecule has 0 fully saturated rings. The maximum atomic E-state index is 6.24. The molecule has 182 valence electrons. The molecule has 0 saturated carbocycles. The van der Waals surface area contributed by atoms with Gasteiger partial charge < -0.3 is 8.98 Å². The Morgan fingerprint density at radius 2 is 1.15 bits per heavy atom. The van der Waals surface area contributed by atoms with E-state index in [2.05, 4.69) is 126 Å². The summed E-state index contributed by atoms with van der Waals surface area (Å²) in [5.41, 5.74) is 7.98. The van der Waals surface area contributed by atoms with E-state index in [1.807, 2.05) is 17.4 Å². The number of hydrogen-bond donors (Lipinski definition) is 0. The summed E-state index contributed by atoms with van der Waals surface area (Å²) in [6, 6.07) is 45.6. The van der Waals surface area contributed by atoms with Crippen molar-refractivity contribution in [3.63, 3.8) is 0 Å². The van der Waals surface area contributed by atoms with Crippen LogP contribution in [0.1, 0.15) is 0 Å². The molecule has 0 radical (unpaired) electrons.